The van der Waals surface area contributed by atoms with Crippen molar-refractivity contribution < 1.29 is 13.9 Å². The first-order chi connectivity index (χ1) is 9.31. The molecule has 1 aromatic heterocycles. The smallest absolute Gasteiger partial charge is 0.194 e. The summed E-state index contributed by atoms with van der Waals surface area (Å²) >= 11 is 0. The van der Waals surface area contributed by atoms with Crippen LogP contribution in [0.4, 0.5) is 0 Å². The fourth-order valence-electron chi connectivity index (χ4n) is 2.29. The number of hydrogen-bond acceptors (Lipinski definition) is 5. The zero-order valence-corrected chi connectivity index (χ0v) is 11.9. The third kappa shape index (κ3) is 4.30. The van der Waals surface area contributed by atoms with Gasteiger partial charge in [0.1, 0.15) is 6.10 Å². The van der Waals surface area contributed by atoms with Crippen LogP contribution in [0.2, 0.25) is 0 Å². The van der Waals surface area contributed by atoms with Crippen molar-refractivity contribution >= 4 is 0 Å². The zero-order valence-electron chi connectivity index (χ0n) is 11.9. The molecular weight excluding hydrogens is 244 g/mol. The summed E-state index contributed by atoms with van der Waals surface area (Å²) in [6.07, 6.45) is 4.90. The summed E-state index contributed by atoms with van der Waals surface area (Å²) in [4.78, 5) is 4.33. The van der Waals surface area contributed by atoms with Crippen molar-refractivity contribution in [3.05, 3.63) is 17.8 Å². The average molecular weight is 268 g/mol. The van der Waals surface area contributed by atoms with E-state index in [0.717, 1.165) is 57.2 Å². The number of hydrogen-bond donors (Lipinski definition) is 1. The average Bonchev–Trinajstić information content (AvgIpc) is 3.02. The second-order valence-corrected chi connectivity index (χ2v) is 5.06. The van der Waals surface area contributed by atoms with Crippen LogP contribution in [0.25, 0.3) is 0 Å². The number of methoxy groups -OCH3 is 1. The molecule has 5 heteroatoms. The van der Waals surface area contributed by atoms with E-state index in [1.165, 1.54) is 0 Å². The molecule has 2 atom stereocenters. The van der Waals surface area contributed by atoms with Crippen molar-refractivity contribution in [3.63, 3.8) is 0 Å². The van der Waals surface area contributed by atoms with Gasteiger partial charge in [0, 0.05) is 26.7 Å². The van der Waals surface area contributed by atoms with Gasteiger partial charge in [-0.25, -0.2) is 4.98 Å². The number of ether oxygens (including phenoxy) is 2. The molecule has 0 aliphatic carbocycles. The second kappa shape index (κ2) is 7.62. The van der Waals surface area contributed by atoms with Gasteiger partial charge >= 0.3 is 0 Å². The maximum atomic E-state index is 5.78. The minimum absolute atomic E-state index is 0.0982. The van der Waals surface area contributed by atoms with Gasteiger partial charge in [-0.1, -0.05) is 6.92 Å². The van der Waals surface area contributed by atoms with Crippen LogP contribution in [-0.4, -0.2) is 38.4 Å². The molecule has 19 heavy (non-hydrogen) atoms. The first kappa shape index (κ1) is 14.5. The van der Waals surface area contributed by atoms with Crippen LogP contribution in [0.5, 0.6) is 0 Å². The van der Waals surface area contributed by atoms with Gasteiger partial charge in [0.05, 0.1) is 12.8 Å². The number of nitrogens with zero attached hydrogens (tertiary/aromatic N) is 1. The van der Waals surface area contributed by atoms with Gasteiger partial charge in [-0.05, 0) is 25.3 Å². The summed E-state index contributed by atoms with van der Waals surface area (Å²) in [5, 5.41) is 3.31. The molecule has 0 radical (unpaired) electrons. The van der Waals surface area contributed by atoms with Gasteiger partial charge in [-0.2, -0.15) is 0 Å². The van der Waals surface area contributed by atoms with Crippen molar-refractivity contribution in [2.45, 2.75) is 32.3 Å². The Hall–Kier alpha value is -0.910. The van der Waals surface area contributed by atoms with Crippen molar-refractivity contribution in [2.24, 2.45) is 5.92 Å². The minimum Gasteiger partial charge on any atom is -0.443 e. The third-order valence-corrected chi connectivity index (χ3v) is 3.47. The molecule has 1 saturated heterocycles. The molecule has 108 valence electrons. The Kier molecular flexibility index (Phi) is 5.82. The summed E-state index contributed by atoms with van der Waals surface area (Å²) in [5.74, 6) is 2.22. The molecule has 2 heterocycles. The van der Waals surface area contributed by atoms with E-state index in [0.29, 0.717) is 5.92 Å². The predicted molar refractivity (Wildman–Crippen MR) is 72.0 cm³/mol. The van der Waals surface area contributed by atoms with E-state index in [9.17, 15) is 0 Å². The molecule has 1 aliphatic rings. The Morgan fingerprint density at radius 3 is 3.11 bits per heavy atom. The first-order valence-electron chi connectivity index (χ1n) is 7.07. The molecule has 0 aromatic carbocycles. The lowest BCUT2D eigenvalue weighted by atomic mass is 10.0. The maximum Gasteiger partial charge on any atom is 0.194 e. The lowest BCUT2D eigenvalue weighted by Gasteiger charge is -2.10. The van der Waals surface area contributed by atoms with Gasteiger partial charge < -0.3 is 19.2 Å². The first-order valence-corrected chi connectivity index (χ1v) is 7.07. The SMILES string of the molecule is COCCNCCCc1ncc(C2OCCC2C)o1. The Labute approximate surface area is 114 Å². The highest BCUT2D eigenvalue weighted by Crippen LogP contribution is 2.34. The van der Waals surface area contributed by atoms with E-state index < -0.39 is 0 Å². The fourth-order valence-corrected chi connectivity index (χ4v) is 2.29. The molecule has 1 aromatic rings. The summed E-state index contributed by atoms with van der Waals surface area (Å²) in [7, 11) is 1.71. The fraction of sp³-hybridized carbons (Fsp3) is 0.786. The molecule has 1 aliphatic heterocycles. The van der Waals surface area contributed by atoms with Crippen molar-refractivity contribution in [3.8, 4) is 0 Å². The van der Waals surface area contributed by atoms with E-state index in [1.807, 2.05) is 6.20 Å². The lowest BCUT2D eigenvalue weighted by molar-refractivity contribution is 0.0749. The third-order valence-electron chi connectivity index (χ3n) is 3.47. The highest BCUT2D eigenvalue weighted by Gasteiger charge is 2.28. The Morgan fingerprint density at radius 1 is 1.47 bits per heavy atom. The molecule has 5 nitrogen and oxygen atoms in total. The number of aromatic nitrogens is 1. The second-order valence-electron chi connectivity index (χ2n) is 5.06. The molecule has 0 saturated carbocycles. The molecule has 1 fully saturated rings. The number of aryl methyl sites for hydroxylation is 1. The Bertz CT molecular complexity index is 367. The number of rotatable bonds is 8. The highest BCUT2D eigenvalue weighted by molar-refractivity contribution is 5.01. The summed E-state index contributed by atoms with van der Waals surface area (Å²) in [5.41, 5.74) is 0. The van der Waals surface area contributed by atoms with E-state index >= 15 is 0 Å². The molecule has 2 unspecified atom stereocenters. The normalized spacial score (nSPS) is 23.1. The van der Waals surface area contributed by atoms with Crippen LogP contribution >= 0.6 is 0 Å². The minimum atomic E-state index is 0.0982. The predicted octanol–water partition coefficient (Wildman–Crippen LogP) is 1.94. The quantitative estimate of drug-likeness (QED) is 0.730. The molecular formula is C14H24N2O3. The van der Waals surface area contributed by atoms with Crippen LogP contribution in [0, 0.1) is 5.92 Å². The summed E-state index contributed by atoms with van der Waals surface area (Å²) in [6, 6.07) is 0. The lowest BCUT2D eigenvalue weighted by Crippen LogP contribution is -2.20. The van der Waals surface area contributed by atoms with Gasteiger partial charge in [-0.3, -0.25) is 0 Å². The largest absolute Gasteiger partial charge is 0.443 e. The van der Waals surface area contributed by atoms with Crippen LogP contribution in [0.3, 0.4) is 0 Å². The summed E-state index contributed by atoms with van der Waals surface area (Å²) in [6.45, 7) is 5.61. The highest BCUT2D eigenvalue weighted by atomic mass is 16.5. The number of oxazole rings is 1. The zero-order chi connectivity index (χ0) is 13.5. The monoisotopic (exact) mass is 268 g/mol. The Balaban J connectivity index is 1.69. The van der Waals surface area contributed by atoms with Gasteiger partial charge in [0.25, 0.3) is 0 Å². The summed E-state index contributed by atoms with van der Waals surface area (Å²) < 4.78 is 16.4. The van der Waals surface area contributed by atoms with Gasteiger partial charge in [0.2, 0.25) is 0 Å². The van der Waals surface area contributed by atoms with Crippen LogP contribution in [0.1, 0.15) is 37.5 Å². The standard InChI is InChI=1S/C14H24N2O3/c1-11-5-8-18-14(11)12-10-16-13(19-12)4-3-6-15-7-9-17-2/h10-11,14-15H,3-9H2,1-2H3. The molecule has 2 rings (SSSR count). The molecule has 0 amide bonds. The van der Waals surface area contributed by atoms with Crippen LogP contribution in [-0.2, 0) is 15.9 Å². The van der Waals surface area contributed by atoms with Crippen LogP contribution in [0.15, 0.2) is 10.6 Å². The van der Waals surface area contributed by atoms with E-state index in [2.05, 4.69) is 17.2 Å². The van der Waals surface area contributed by atoms with Crippen molar-refractivity contribution in [1.29, 1.82) is 0 Å². The molecule has 0 bridgehead atoms. The molecule has 0 spiro atoms. The Morgan fingerprint density at radius 2 is 2.37 bits per heavy atom. The topological polar surface area (TPSA) is 56.5 Å². The van der Waals surface area contributed by atoms with Crippen LogP contribution < -0.4 is 5.32 Å². The van der Waals surface area contributed by atoms with Gasteiger partial charge in [-0.15, -0.1) is 0 Å². The van der Waals surface area contributed by atoms with E-state index in [-0.39, 0.29) is 6.10 Å². The van der Waals surface area contributed by atoms with E-state index in [1.54, 1.807) is 7.11 Å². The van der Waals surface area contributed by atoms with E-state index in [4.69, 9.17) is 13.9 Å². The van der Waals surface area contributed by atoms with Crippen molar-refractivity contribution in [2.75, 3.05) is 33.4 Å². The van der Waals surface area contributed by atoms with Gasteiger partial charge in [0.15, 0.2) is 11.7 Å². The molecule has 1 N–H and O–H groups in total. The van der Waals surface area contributed by atoms with Crippen molar-refractivity contribution in [1.82, 2.24) is 10.3 Å². The maximum absolute atomic E-state index is 5.78. The number of nitrogens with one attached hydrogen (secondary N) is 1.